The summed E-state index contributed by atoms with van der Waals surface area (Å²) in [4.78, 5) is 8.87. The summed E-state index contributed by atoms with van der Waals surface area (Å²) < 4.78 is 7.73. The van der Waals surface area contributed by atoms with Crippen LogP contribution in [0.2, 0.25) is 5.15 Å². The highest BCUT2D eigenvalue weighted by Crippen LogP contribution is 2.31. The van der Waals surface area contributed by atoms with Gasteiger partial charge in [-0.05, 0) is 26.3 Å². The van der Waals surface area contributed by atoms with Crippen molar-refractivity contribution in [2.24, 2.45) is 0 Å². The Morgan fingerprint density at radius 2 is 2.12 bits per heavy atom. The topological polar surface area (TPSA) is 39.9 Å². The lowest BCUT2D eigenvalue weighted by molar-refractivity contribution is 0.0621. The molecule has 5 heteroatoms. The van der Waals surface area contributed by atoms with E-state index in [0.717, 1.165) is 34.7 Å². The Morgan fingerprint density at radius 1 is 1.35 bits per heavy atom. The second-order valence-electron chi connectivity index (χ2n) is 4.57. The Labute approximate surface area is 105 Å². The highest BCUT2D eigenvalue weighted by molar-refractivity contribution is 6.33. The summed E-state index contributed by atoms with van der Waals surface area (Å²) in [6, 6.07) is 0.292. The number of aromatic nitrogens is 3. The number of ether oxygens (including phenoxy) is 1. The lowest BCUT2D eigenvalue weighted by atomic mass is 10.2. The number of hydrogen-bond acceptors (Lipinski definition) is 3. The van der Waals surface area contributed by atoms with E-state index in [2.05, 4.69) is 28.4 Å². The molecule has 0 radical (unpaired) electrons. The van der Waals surface area contributed by atoms with E-state index in [-0.39, 0.29) is 0 Å². The molecule has 2 aromatic rings. The Hall–Kier alpha value is -1.13. The Bertz CT molecular complexity index is 606. The van der Waals surface area contributed by atoms with E-state index >= 15 is 0 Å². The van der Waals surface area contributed by atoms with Crippen LogP contribution in [0.3, 0.4) is 0 Å². The van der Waals surface area contributed by atoms with Gasteiger partial charge in [0.25, 0.3) is 0 Å². The van der Waals surface area contributed by atoms with Crippen LogP contribution >= 0.6 is 11.6 Å². The summed E-state index contributed by atoms with van der Waals surface area (Å²) in [5, 5.41) is 0.484. The summed E-state index contributed by atoms with van der Waals surface area (Å²) in [6.45, 7) is 7.44. The molecule has 1 aliphatic heterocycles. The second kappa shape index (κ2) is 3.68. The van der Waals surface area contributed by atoms with Gasteiger partial charge in [0.1, 0.15) is 17.9 Å². The Balaban J connectivity index is 2.44. The third-order valence-electron chi connectivity index (χ3n) is 3.37. The van der Waals surface area contributed by atoms with Gasteiger partial charge in [0, 0.05) is 5.69 Å². The van der Waals surface area contributed by atoms with Gasteiger partial charge in [-0.3, -0.25) is 0 Å². The van der Waals surface area contributed by atoms with Crippen LogP contribution in [-0.2, 0) is 11.3 Å². The average Bonchev–Trinajstić information content (AvgIpc) is 2.67. The fourth-order valence-corrected chi connectivity index (χ4v) is 2.67. The number of halogens is 1. The molecule has 90 valence electrons. The first-order valence-electron chi connectivity index (χ1n) is 5.71. The quantitative estimate of drug-likeness (QED) is 0.676. The number of rotatable bonds is 0. The van der Waals surface area contributed by atoms with E-state index in [0.29, 0.717) is 17.8 Å². The van der Waals surface area contributed by atoms with Crippen molar-refractivity contribution in [3.63, 3.8) is 0 Å². The number of hydrogen-bond donors (Lipinski definition) is 0. The molecule has 0 bridgehead atoms. The van der Waals surface area contributed by atoms with Gasteiger partial charge in [0.15, 0.2) is 5.15 Å². The molecule has 0 amide bonds. The average molecular weight is 252 g/mol. The predicted octanol–water partition coefficient (Wildman–Crippen LogP) is 2.79. The molecule has 17 heavy (non-hydrogen) atoms. The van der Waals surface area contributed by atoms with Crippen molar-refractivity contribution in [2.75, 3.05) is 6.61 Å². The molecule has 1 unspecified atom stereocenters. The number of pyridine rings is 1. The van der Waals surface area contributed by atoms with Gasteiger partial charge in [-0.2, -0.15) is 0 Å². The SMILES string of the molecule is Cc1nc(Cl)c2nc3n(c2c1C)C(C)COC3. The first-order valence-corrected chi connectivity index (χ1v) is 6.08. The summed E-state index contributed by atoms with van der Waals surface area (Å²) in [6.07, 6.45) is 0. The lowest BCUT2D eigenvalue weighted by Crippen LogP contribution is -2.21. The molecule has 0 aromatic carbocycles. The molecule has 4 nitrogen and oxygen atoms in total. The van der Waals surface area contributed by atoms with Gasteiger partial charge < -0.3 is 9.30 Å². The van der Waals surface area contributed by atoms with E-state index in [4.69, 9.17) is 16.3 Å². The molecule has 2 aromatic heterocycles. The van der Waals surface area contributed by atoms with Crippen molar-refractivity contribution in [3.8, 4) is 0 Å². The van der Waals surface area contributed by atoms with Gasteiger partial charge in [0.2, 0.25) is 0 Å². The second-order valence-corrected chi connectivity index (χ2v) is 4.93. The Morgan fingerprint density at radius 3 is 2.88 bits per heavy atom. The van der Waals surface area contributed by atoms with Crippen LogP contribution in [-0.4, -0.2) is 21.1 Å². The zero-order valence-electron chi connectivity index (χ0n) is 10.1. The number of imidazole rings is 1. The predicted molar refractivity (Wildman–Crippen MR) is 66.4 cm³/mol. The maximum Gasteiger partial charge on any atom is 0.157 e. The van der Waals surface area contributed by atoms with Crippen LogP contribution in [0.1, 0.15) is 30.0 Å². The molecule has 0 N–H and O–H groups in total. The highest BCUT2D eigenvalue weighted by atomic mass is 35.5. The monoisotopic (exact) mass is 251 g/mol. The minimum absolute atomic E-state index is 0.292. The largest absolute Gasteiger partial charge is 0.371 e. The van der Waals surface area contributed by atoms with Crippen molar-refractivity contribution in [3.05, 3.63) is 22.2 Å². The van der Waals surface area contributed by atoms with Crippen LogP contribution in [0.5, 0.6) is 0 Å². The third kappa shape index (κ3) is 1.47. The van der Waals surface area contributed by atoms with Crippen LogP contribution < -0.4 is 0 Å². The smallest absolute Gasteiger partial charge is 0.157 e. The zero-order chi connectivity index (χ0) is 12.2. The highest BCUT2D eigenvalue weighted by Gasteiger charge is 2.24. The summed E-state index contributed by atoms with van der Waals surface area (Å²) in [7, 11) is 0. The fraction of sp³-hybridized carbons (Fsp3) is 0.500. The first kappa shape index (κ1) is 11.0. The van der Waals surface area contributed by atoms with Crippen molar-refractivity contribution < 1.29 is 4.74 Å². The molecule has 0 spiro atoms. The van der Waals surface area contributed by atoms with Gasteiger partial charge in [-0.15, -0.1) is 0 Å². The van der Waals surface area contributed by atoms with Crippen LogP contribution in [0, 0.1) is 13.8 Å². The van der Waals surface area contributed by atoms with E-state index in [9.17, 15) is 0 Å². The standard InChI is InChI=1S/C12H14ClN3O/c1-6-4-17-5-9-15-10-11(16(6)9)7(2)8(3)14-12(10)13/h6H,4-5H2,1-3H3. The summed E-state index contributed by atoms with van der Waals surface area (Å²) >= 11 is 6.17. The zero-order valence-corrected chi connectivity index (χ0v) is 10.9. The number of fused-ring (bicyclic) bond motifs is 3. The van der Waals surface area contributed by atoms with E-state index in [1.807, 2.05) is 6.92 Å². The molecule has 3 heterocycles. The number of aryl methyl sites for hydroxylation is 2. The maximum atomic E-state index is 6.17. The fourth-order valence-electron chi connectivity index (χ4n) is 2.41. The van der Waals surface area contributed by atoms with Gasteiger partial charge in [0.05, 0.1) is 18.2 Å². The molecule has 3 rings (SSSR count). The normalized spacial score (nSPS) is 19.6. The van der Waals surface area contributed by atoms with Crippen molar-refractivity contribution in [1.82, 2.24) is 14.5 Å². The minimum Gasteiger partial charge on any atom is -0.371 e. The van der Waals surface area contributed by atoms with Crippen molar-refractivity contribution >= 4 is 22.6 Å². The first-order chi connectivity index (χ1) is 8.09. The van der Waals surface area contributed by atoms with Gasteiger partial charge >= 0.3 is 0 Å². The molecule has 1 atom stereocenters. The molecule has 0 saturated heterocycles. The van der Waals surface area contributed by atoms with Crippen LogP contribution in [0.25, 0.3) is 11.0 Å². The van der Waals surface area contributed by atoms with Crippen molar-refractivity contribution in [1.29, 1.82) is 0 Å². The van der Waals surface area contributed by atoms with E-state index in [1.165, 1.54) is 0 Å². The molecule has 0 aliphatic carbocycles. The third-order valence-corrected chi connectivity index (χ3v) is 3.64. The van der Waals surface area contributed by atoms with Gasteiger partial charge in [-0.1, -0.05) is 11.6 Å². The van der Waals surface area contributed by atoms with E-state index in [1.54, 1.807) is 0 Å². The van der Waals surface area contributed by atoms with Crippen LogP contribution in [0.15, 0.2) is 0 Å². The minimum atomic E-state index is 0.292. The lowest BCUT2D eigenvalue weighted by Gasteiger charge is -2.23. The van der Waals surface area contributed by atoms with Crippen LogP contribution in [0.4, 0.5) is 0 Å². The summed E-state index contributed by atoms with van der Waals surface area (Å²) in [5.41, 5.74) is 4.01. The molecular weight excluding hydrogens is 238 g/mol. The summed E-state index contributed by atoms with van der Waals surface area (Å²) in [5.74, 6) is 0.941. The Kier molecular flexibility index (Phi) is 2.38. The van der Waals surface area contributed by atoms with Gasteiger partial charge in [-0.25, -0.2) is 9.97 Å². The maximum absolute atomic E-state index is 6.17. The van der Waals surface area contributed by atoms with E-state index < -0.39 is 0 Å². The molecule has 0 saturated carbocycles. The molecule has 0 fully saturated rings. The molecular formula is C12H14ClN3O. The van der Waals surface area contributed by atoms with Crippen molar-refractivity contribution in [2.45, 2.75) is 33.4 Å². The number of nitrogens with zero attached hydrogens (tertiary/aromatic N) is 3. The molecule has 1 aliphatic rings.